The third-order valence-corrected chi connectivity index (χ3v) is 1.14. The normalized spacial score (nSPS) is 12.6. The number of hydrogen-bond donors (Lipinski definition) is 0. The Morgan fingerprint density at radius 3 is 2.00 bits per heavy atom. The van der Waals surface area contributed by atoms with Crippen molar-refractivity contribution in [2.45, 2.75) is 12.7 Å². The zero-order valence-corrected chi connectivity index (χ0v) is 6.28. The molecule has 5 heteroatoms. The summed E-state index contributed by atoms with van der Waals surface area (Å²) in [4.78, 5) is 1.75. The van der Waals surface area contributed by atoms with E-state index in [1.54, 1.807) is 19.0 Å². The third kappa shape index (κ3) is 7.81. The van der Waals surface area contributed by atoms with Gasteiger partial charge in [-0.1, -0.05) is 12.7 Å². The Hall–Kier alpha value is -0.185. The van der Waals surface area contributed by atoms with Crippen molar-refractivity contribution in [3.8, 4) is 0 Å². The van der Waals surface area contributed by atoms with Crippen LogP contribution >= 0.6 is 0 Å². The summed E-state index contributed by atoms with van der Waals surface area (Å²) in [5.74, 6) is 0. The fourth-order valence-electron chi connectivity index (χ4n) is 0.639. The van der Waals surface area contributed by atoms with Gasteiger partial charge in [-0.2, -0.15) is 0 Å². The van der Waals surface area contributed by atoms with Crippen LogP contribution in [0.4, 0.5) is 12.9 Å². The van der Waals surface area contributed by atoms with Gasteiger partial charge in [0.15, 0.2) is 0 Å². The lowest BCUT2D eigenvalue weighted by atomic mass is 9.84. The van der Waals surface area contributed by atoms with Gasteiger partial charge < -0.3 is 17.8 Å². The number of hydrogen-bond acceptors (Lipinski definition) is 1. The number of rotatable bonds is 4. The van der Waals surface area contributed by atoms with Crippen LogP contribution in [0.2, 0.25) is 6.32 Å². The predicted octanol–water partition coefficient (Wildman–Crippen LogP) is 1.79. The van der Waals surface area contributed by atoms with Gasteiger partial charge in [-0.3, -0.25) is 0 Å². The van der Waals surface area contributed by atoms with Crippen LogP contribution < -0.4 is 0 Å². The molecule has 0 bridgehead atoms. The van der Waals surface area contributed by atoms with Crippen molar-refractivity contribution in [3.63, 3.8) is 0 Å². The van der Waals surface area contributed by atoms with Gasteiger partial charge in [-0.15, -0.1) is 0 Å². The Morgan fingerprint density at radius 1 is 1.20 bits per heavy atom. The lowest BCUT2D eigenvalue weighted by Crippen LogP contribution is -2.19. The van der Waals surface area contributed by atoms with Crippen molar-refractivity contribution in [2.75, 3.05) is 20.6 Å². The summed E-state index contributed by atoms with van der Waals surface area (Å²) < 4.78 is 34.7. The van der Waals surface area contributed by atoms with Crippen LogP contribution in [-0.2, 0) is 0 Å². The molecule has 0 fully saturated rings. The van der Waals surface area contributed by atoms with E-state index in [1.165, 1.54) is 0 Å². The molecule has 0 unspecified atom stereocenters. The summed E-state index contributed by atoms with van der Waals surface area (Å²) in [6, 6.07) is 0. The Labute approximate surface area is 59.3 Å². The van der Waals surface area contributed by atoms with Gasteiger partial charge in [0.05, 0.1) is 0 Å². The van der Waals surface area contributed by atoms with Crippen LogP contribution in [0.1, 0.15) is 6.42 Å². The van der Waals surface area contributed by atoms with Gasteiger partial charge in [0.25, 0.3) is 0 Å². The Kier molecular flexibility index (Phi) is 3.79. The maximum absolute atomic E-state index is 11.6. The van der Waals surface area contributed by atoms with Crippen molar-refractivity contribution >= 4 is 6.98 Å². The molecule has 0 saturated carbocycles. The van der Waals surface area contributed by atoms with E-state index in [0.29, 0.717) is 6.54 Å². The Bertz CT molecular complexity index is 91.4. The van der Waals surface area contributed by atoms with Crippen molar-refractivity contribution in [1.82, 2.24) is 4.90 Å². The topological polar surface area (TPSA) is 3.24 Å². The van der Waals surface area contributed by atoms with Crippen LogP contribution in [0.25, 0.3) is 0 Å². The Balaban J connectivity index is 3.21. The second-order valence-corrected chi connectivity index (χ2v) is 2.66. The first kappa shape index (κ1) is 9.81. The van der Waals surface area contributed by atoms with Gasteiger partial charge in [-0.05, 0) is 20.6 Å². The van der Waals surface area contributed by atoms with E-state index in [9.17, 15) is 12.9 Å². The highest BCUT2D eigenvalue weighted by molar-refractivity contribution is 6.58. The first-order valence-corrected chi connectivity index (χ1v) is 3.27. The molecule has 0 rings (SSSR count). The molecule has 0 aliphatic heterocycles. The molecule has 1 nitrogen and oxygen atoms in total. The van der Waals surface area contributed by atoms with E-state index in [1.807, 2.05) is 0 Å². The molecule has 0 aromatic rings. The van der Waals surface area contributed by atoms with Crippen LogP contribution in [0.3, 0.4) is 0 Å². The van der Waals surface area contributed by atoms with Crippen molar-refractivity contribution < 1.29 is 12.9 Å². The van der Waals surface area contributed by atoms with Gasteiger partial charge >= 0.3 is 6.98 Å². The third-order valence-electron chi connectivity index (χ3n) is 1.14. The van der Waals surface area contributed by atoms with Crippen LogP contribution in [0.5, 0.6) is 0 Å². The van der Waals surface area contributed by atoms with E-state index >= 15 is 0 Å². The molecular formula is C5H12BF3N-. The molecule has 0 radical (unpaired) electrons. The Morgan fingerprint density at radius 2 is 1.70 bits per heavy atom. The second kappa shape index (κ2) is 3.86. The highest BCUT2D eigenvalue weighted by Crippen LogP contribution is 2.16. The molecule has 0 N–H and O–H groups in total. The zero-order valence-electron chi connectivity index (χ0n) is 6.28. The SMILES string of the molecule is CN(C)CCC[B-](F)(F)F. The minimum absolute atomic E-state index is 0.219. The summed E-state index contributed by atoms with van der Waals surface area (Å²) in [6.07, 6.45) is -0.394. The molecule has 0 aliphatic carbocycles. The molecule has 10 heavy (non-hydrogen) atoms. The lowest BCUT2D eigenvalue weighted by molar-refractivity contribution is 0.392. The maximum atomic E-state index is 11.6. The molecule has 0 aromatic heterocycles. The van der Waals surface area contributed by atoms with E-state index < -0.39 is 13.3 Å². The lowest BCUT2D eigenvalue weighted by Gasteiger charge is -2.15. The minimum Gasteiger partial charge on any atom is -0.449 e. The van der Waals surface area contributed by atoms with Crippen molar-refractivity contribution in [2.24, 2.45) is 0 Å². The first-order valence-electron chi connectivity index (χ1n) is 3.27. The summed E-state index contributed by atoms with van der Waals surface area (Å²) >= 11 is 0. The largest absolute Gasteiger partial charge is 0.478 e. The van der Waals surface area contributed by atoms with Crippen molar-refractivity contribution in [1.29, 1.82) is 0 Å². The predicted molar refractivity (Wildman–Crippen MR) is 37.1 cm³/mol. The van der Waals surface area contributed by atoms with Gasteiger partial charge in [-0.25, -0.2) is 0 Å². The monoisotopic (exact) mass is 154 g/mol. The summed E-state index contributed by atoms with van der Waals surface area (Å²) in [5, 5.41) is 0. The highest BCUT2D eigenvalue weighted by Gasteiger charge is 2.21. The maximum Gasteiger partial charge on any atom is 0.478 e. The standard InChI is InChI=1S/C5H12BF3N/c1-10(2)5-3-4-6(7,8)9/h3-5H2,1-2H3/q-1. The molecule has 0 aliphatic rings. The molecule has 0 amide bonds. The fourth-order valence-corrected chi connectivity index (χ4v) is 0.639. The molecule has 0 spiro atoms. The van der Waals surface area contributed by atoms with Crippen LogP contribution in [0, 0.1) is 0 Å². The summed E-state index contributed by atoms with van der Waals surface area (Å²) in [7, 11) is 3.53. The van der Waals surface area contributed by atoms with Crippen LogP contribution in [0.15, 0.2) is 0 Å². The molecule has 0 saturated heterocycles. The molecule has 0 aromatic carbocycles. The summed E-state index contributed by atoms with van der Waals surface area (Å²) in [5.41, 5.74) is 0. The quantitative estimate of drug-likeness (QED) is 0.557. The average molecular weight is 154 g/mol. The van der Waals surface area contributed by atoms with Crippen molar-refractivity contribution in [3.05, 3.63) is 0 Å². The second-order valence-electron chi connectivity index (χ2n) is 2.66. The molecule has 0 atom stereocenters. The smallest absolute Gasteiger partial charge is 0.449 e. The highest BCUT2D eigenvalue weighted by atomic mass is 19.4. The van der Waals surface area contributed by atoms with E-state index in [2.05, 4.69) is 0 Å². The van der Waals surface area contributed by atoms with Gasteiger partial charge in [0.2, 0.25) is 0 Å². The van der Waals surface area contributed by atoms with E-state index in [-0.39, 0.29) is 6.42 Å². The molecular weight excluding hydrogens is 142 g/mol. The summed E-state index contributed by atoms with van der Waals surface area (Å²) in [6.45, 7) is -4.04. The molecule has 62 valence electrons. The number of halogens is 3. The fraction of sp³-hybridized carbons (Fsp3) is 1.00. The minimum atomic E-state index is -4.56. The van der Waals surface area contributed by atoms with Gasteiger partial charge in [0, 0.05) is 0 Å². The average Bonchev–Trinajstić information content (AvgIpc) is 1.59. The molecule has 0 heterocycles. The zero-order chi connectivity index (χ0) is 8.20. The first-order chi connectivity index (χ1) is 4.42. The van der Waals surface area contributed by atoms with Gasteiger partial charge in [0.1, 0.15) is 0 Å². The van der Waals surface area contributed by atoms with E-state index in [4.69, 9.17) is 0 Å². The van der Waals surface area contributed by atoms with Crippen LogP contribution in [-0.4, -0.2) is 32.5 Å². The van der Waals surface area contributed by atoms with E-state index in [0.717, 1.165) is 0 Å². The number of nitrogens with zero attached hydrogens (tertiary/aromatic N) is 1.